The van der Waals surface area contributed by atoms with Crippen LogP contribution in [0.2, 0.25) is 0 Å². The zero-order valence-corrected chi connectivity index (χ0v) is 12.6. The Morgan fingerprint density at radius 2 is 2.26 bits per heavy atom. The molecule has 1 heterocycles. The molecule has 2 aromatic rings. The van der Waals surface area contributed by atoms with Gasteiger partial charge in [-0.1, -0.05) is 12.1 Å². The van der Waals surface area contributed by atoms with Crippen LogP contribution in [0.1, 0.15) is 11.1 Å². The molecule has 6 nitrogen and oxygen atoms in total. The van der Waals surface area contributed by atoms with Crippen LogP contribution < -0.4 is 10.6 Å². The highest BCUT2D eigenvalue weighted by Crippen LogP contribution is 2.23. The number of hydrogen-bond donors (Lipinski definition) is 3. The second-order valence-electron chi connectivity index (χ2n) is 4.88. The molecule has 3 N–H and O–H groups in total. The molecular formula is C17H16N4O2. The fraction of sp³-hybridized carbons (Fsp3) is 0.118. The number of hydrogen-bond acceptors (Lipinski definition) is 5. The number of aromatic nitrogens is 1. The minimum atomic E-state index is -0.504. The van der Waals surface area contributed by atoms with Crippen LogP contribution in [0.5, 0.6) is 5.75 Å². The Bertz CT molecular complexity index is 764. The van der Waals surface area contributed by atoms with Gasteiger partial charge in [-0.05, 0) is 36.2 Å². The summed E-state index contributed by atoms with van der Waals surface area (Å²) >= 11 is 0. The quantitative estimate of drug-likeness (QED) is 0.447. The summed E-state index contributed by atoms with van der Waals surface area (Å²) in [4.78, 5) is 15.9. The Balaban J connectivity index is 2.00. The first kappa shape index (κ1) is 16.0. The van der Waals surface area contributed by atoms with E-state index in [9.17, 15) is 9.90 Å². The fourth-order valence-electron chi connectivity index (χ4n) is 1.84. The maximum atomic E-state index is 12.0. The maximum absolute atomic E-state index is 12.0. The molecule has 1 aromatic heterocycles. The van der Waals surface area contributed by atoms with Gasteiger partial charge in [0.05, 0.1) is 5.69 Å². The summed E-state index contributed by atoms with van der Waals surface area (Å²) in [6, 6.07) is 10.5. The third-order valence-corrected chi connectivity index (χ3v) is 3.07. The van der Waals surface area contributed by atoms with E-state index in [4.69, 9.17) is 5.26 Å². The summed E-state index contributed by atoms with van der Waals surface area (Å²) in [5.41, 5.74) is 2.08. The van der Waals surface area contributed by atoms with Crippen molar-refractivity contribution in [1.82, 2.24) is 10.3 Å². The van der Waals surface area contributed by atoms with E-state index in [2.05, 4.69) is 15.6 Å². The van der Waals surface area contributed by atoms with Gasteiger partial charge in [0.1, 0.15) is 17.4 Å². The average Bonchev–Trinajstić information content (AvgIpc) is 2.56. The molecule has 0 fully saturated rings. The van der Waals surface area contributed by atoms with E-state index in [0.717, 1.165) is 11.1 Å². The summed E-state index contributed by atoms with van der Waals surface area (Å²) in [7, 11) is 0. The summed E-state index contributed by atoms with van der Waals surface area (Å²) in [6.45, 7) is 2.13. The third kappa shape index (κ3) is 4.58. The van der Waals surface area contributed by atoms with Crippen LogP contribution in [0.15, 0.2) is 54.5 Å². The van der Waals surface area contributed by atoms with Gasteiger partial charge in [0, 0.05) is 25.1 Å². The largest absolute Gasteiger partial charge is 0.506 e. The van der Waals surface area contributed by atoms with E-state index in [1.165, 1.54) is 6.20 Å². The van der Waals surface area contributed by atoms with Crippen LogP contribution in [-0.2, 0) is 11.3 Å². The number of phenolic OH excluding ortho intramolecular Hbond substituents is 1. The molecule has 0 saturated carbocycles. The van der Waals surface area contributed by atoms with Crippen molar-refractivity contribution in [3.8, 4) is 11.8 Å². The van der Waals surface area contributed by atoms with Gasteiger partial charge in [-0.2, -0.15) is 5.26 Å². The fourth-order valence-corrected chi connectivity index (χ4v) is 1.84. The van der Waals surface area contributed by atoms with Gasteiger partial charge in [0.25, 0.3) is 5.91 Å². The molecule has 0 radical (unpaired) electrons. The number of nitriles is 1. The van der Waals surface area contributed by atoms with Crippen LogP contribution in [0.3, 0.4) is 0 Å². The van der Waals surface area contributed by atoms with Crippen LogP contribution in [-0.4, -0.2) is 16.0 Å². The molecule has 0 spiro atoms. The molecule has 0 unspecified atom stereocenters. The van der Waals surface area contributed by atoms with E-state index in [0.29, 0.717) is 5.69 Å². The van der Waals surface area contributed by atoms with Crippen molar-refractivity contribution >= 4 is 11.6 Å². The number of nitrogens with one attached hydrogen (secondary N) is 2. The Morgan fingerprint density at radius 1 is 1.43 bits per heavy atom. The first-order valence-corrected chi connectivity index (χ1v) is 6.93. The zero-order valence-electron chi connectivity index (χ0n) is 12.6. The SMILES string of the molecule is Cc1ccc(N/C=C(/C#N)C(=O)NCc2cccnc2)c(O)c1. The third-order valence-electron chi connectivity index (χ3n) is 3.07. The summed E-state index contributed by atoms with van der Waals surface area (Å²) in [6.07, 6.45) is 4.55. The highest BCUT2D eigenvalue weighted by molar-refractivity contribution is 5.97. The predicted molar refractivity (Wildman–Crippen MR) is 86.2 cm³/mol. The summed E-state index contributed by atoms with van der Waals surface area (Å²) < 4.78 is 0. The van der Waals surface area contributed by atoms with E-state index in [1.54, 1.807) is 30.6 Å². The van der Waals surface area contributed by atoms with Crippen molar-refractivity contribution in [2.75, 3.05) is 5.32 Å². The molecule has 0 aliphatic carbocycles. The van der Waals surface area contributed by atoms with Crippen LogP contribution >= 0.6 is 0 Å². The van der Waals surface area contributed by atoms with E-state index >= 15 is 0 Å². The van der Waals surface area contributed by atoms with Gasteiger partial charge in [0.2, 0.25) is 0 Å². The van der Waals surface area contributed by atoms with Gasteiger partial charge in [-0.3, -0.25) is 9.78 Å². The van der Waals surface area contributed by atoms with Crippen molar-refractivity contribution in [3.63, 3.8) is 0 Å². The lowest BCUT2D eigenvalue weighted by Crippen LogP contribution is -2.24. The zero-order chi connectivity index (χ0) is 16.7. The van der Waals surface area contributed by atoms with Gasteiger partial charge >= 0.3 is 0 Å². The molecule has 2 rings (SSSR count). The minimum absolute atomic E-state index is 0.0503. The van der Waals surface area contributed by atoms with E-state index < -0.39 is 5.91 Å². The van der Waals surface area contributed by atoms with Gasteiger partial charge < -0.3 is 15.7 Å². The number of phenols is 1. The number of anilines is 1. The molecule has 1 aromatic carbocycles. The second-order valence-corrected chi connectivity index (χ2v) is 4.88. The number of nitrogens with zero attached hydrogens (tertiary/aromatic N) is 2. The molecule has 0 aliphatic heterocycles. The Hall–Kier alpha value is -3.33. The molecule has 0 saturated heterocycles. The highest BCUT2D eigenvalue weighted by Gasteiger charge is 2.09. The smallest absolute Gasteiger partial charge is 0.263 e. The molecular weight excluding hydrogens is 292 g/mol. The molecule has 1 amide bonds. The molecule has 0 bridgehead atoms. The van der Waals surface area contributed by atoms with Gasteiger partial charge in [-0.25, -0.2) is 0 Å². The molecule has 0 aliphatic rings. The first-order chi connectivity index (χ1) is 11.1. The second kappa shape index (κ2) is 7.61. The van der Waals surface area contributed by atoms with Crippen molar-refractivity contribution < 1.29 is 9.90 Å². The monoisotopic (exact) mass is 308 g/mol. The van der Waals surface area contributed by atoms with Crippen LogP contribution in [0.25, 0.3) is 0 Å². The van der Waals surface area contributed by atoms with Crippen LogP contribution in [0, 0.1) is 18.3 Å². The van der Waals surface area contributed by atoms with Gasteiger partial charge in [-0.15, -0.1) is 0 Å². The Morgan fingerprint density at radius 3 is 2.91 bits per heavy atom. The van der Waals surface area contributed by atoms with E-state index in [1.807, 2.05) is 25.1 Å². The molecule has 23 heavy (non-hydrogen) atoms. The van der Waals surface area contributed by atoms with Crippen molar-refractivity contribution in [2.24, 2.45) is 0 Å². The number of pyridine rings is 1. The van der Waals surface area contributed by atoms with Crippen LogP contribution in [0.4, 0.5) is 5.69 Å². The summed E-state index contributed by atoms with van der Waals surface area (Å²) in [5.74, 6) is -0.454. The van der Waals surface area contributed by atoms with Crippen molar-refractivity contribution in [2.45, 2.75) is 13.5 Å². The number of amides is 1. The number of carbonyl (C=O) groups excluding carboxylic acids is 1. The number of aromatic hydroxyl groups is 1. The molecule has 6 heteroatoms. The lowest BCUT2D eigenvalue weighted by Gasteiger charge is -2.07. The number of rotatable bonds is 5. The maximum Gasteiger partial charge on any atom is 0.263 e. The highest BCUT2D eigenvalue weighted by atomic mass is 16.3. The minimum Gasteiger partial charge on any atom is -0.506 e. The number of benzene rings is 1. The predicted octanol–water partition coefficient (Wildman–Crippen LogP) is 2.23. The lowest BCUT2D eigenvalue weighted by atomic mass is 10.2. The normalized spacial score (nSPS) is 10.7. The Kier molecular flexibility index (Phi) is 5.31. The van der Waals surface area contributed by atoms with Gasteiger partial charge in [0.15, 0.2) is 0 Å². The lowest BCUT2D eigenvalue weighted by molar-refractivity contribution is -0.117. The summed E-state index contributed by atoms with van der Waals surface area (Å²) in [5, 5.41) is 24.3. The topological polar surface area (TPSA) is 98.0 Å². The van der Waals surface area contributed by atoms with Crippen molar-refractivity contribution in [3.05, 3.63) is 65.6 Å². The molecule has 116 valence electrons. The first-order valence-electron chi connectivity index (χ1n) is 6.93. The molecule has 0 atom stereocenters. The van der Waals surface area contributed by atoms with E-state index in [-0.39, 0.29) is 17.9 Å². The number of carbonyl (C=O) groups is 1. The number of aryl methyl sites for hydroxylation is 1. The van der Waals surface area contributed by atoms with Crippen molar-refractivity contribution in [1.29, 1.82) is 5.26 Å². The Labute approximate surface area is 134 Å². The standard InChI is InChI=1S/C17H16N4O2/c1-12-4-5-15(16(22)7-12)20-11-14(8-18)17(23)21-10-13-3-2-6-19-9-13/h2-7,9,11,20,22H,10H2,1H3,(H,21,23)/b14-11-. The average molecular weight is 308 g/mol.